The number of methoxy groups -OCH3 is 1. The molecule has 0 atom stereocenters. The fourth-order valence-electron chi connectivity index (χ4n) is 2.87. The maximum Gasteiger partial charge on any atom is 0.264 e. The number of carbonyl (C=O) groups is 1. The highest BCUT2D eigenvalue weighted by Crippen LogP contribution is 2.30. The number of hydrogen-bond acceptors (Lipinski definition) is 5. The van der Waals surface area contributed by atoms with Gasteiger partial charge in [-0.1, -0.05) is 36.4 Å². The molecule has 156 valence electrons. The van der Waals surface area contributed by atoms with Crippen LogP contribution in [0.5, 0.6) is 11.5 Å². The Labute approximate surface area is 198 Å². The van der Waals surface area contributed by atoms with Crippen LogP contribution < -0.4 is 14.8 Å². The lowest BCUT2D eigenvalue weighted by Gasteiger charge is -2.09. The lowest BCUT2D eigenvalue weighted by molar-refractivity contribution is -0.115. The summed E-state index contributed by atoms with van der Waals surface area (Å²) in [6.45, 7) is 0.515. The van der Waals surface area contributed by atoms with E-state index in [1.54, 1.807) is 7.11 Å². The van der Waals surface area contributed by atoms with E-state index in [-0.39, 0.29) is 5.91 Å². The summed E-state index contributed by atoms with van der Waals surface area (Å²) in [6, 6.07) is 23.3. The average Bonchev–Trinajstić information content (AvgIpc) is 3.13. The monoisotopic (exact) mass is 542 g/mol. The summed E-state index contributed by atoms with van der Waals surface area (Å²) < 4.78 is 12.1. The van der Waals surface area contributed by atoms with Crippen molar-refractivity contribution in [3.8, 4) is 11.5 Å². The molecular formula is C24H19IN2O3S. The fourth-order valence-corrected chi connectivity index (χ4v) is 4.40. The van der Waals surface area contributed by atoms with Crippen LogP contribution in [0.2, 0.25) is 0 Å². The lowest BCUT2D eigenvalue weighted by Crippen LogP contribution is -2.19. The molecular weight excluding hydrogens is 523 g/mol. The molecule has 4 rings (SSSR count). The molecule has 7 heteroatoms. The minimum Gasteiger partial charge on any atom is -0.497 e. The first-order valence-electron chi connectivity index (χ1n) is 9.50. The van der Waals surface area contributed by atoms with Crippen LogP contribution >= 0.6 is 34.4 Å². The molecule has 1 fully saturated rings. The third-order valence-electron chi connectivity index (χ3n) is 4.44. The third kappa shape index (κ3) is 5.68. The summed E-state index contributed by atoms with van der Waals surface area (Å²) in [7, 11) is 1.62. The number of amidine groups is 1. The zero-order chi connectivity index (χ0) is 21.6. The summed E-state index contributed by atoms with van der Waals surface area (Å²) in [5.41, 5.74) is 2.80. The van der Waals surface area contributed by atoms with Crippen molar-refractivity contribution in [2.75, 3.05) is 7.11 Å². The van der Waals surface area contributed by atoms with Gasteiger partial charge in [0, 0.05) is 0 Å². The first kappa shape index (κ1) is 21.5. The second kappa shape index (κ2) is 10.0. The molecule has 1 saturated heterocycles. The molecule has 0 unspecified atom stereocenters. The molecule has 3 aromatic rings. The molecule has 5 nitrogen and oxygen atoms in total. The highest BCUT2D eigenvalue weighted by atomic mass is 127. The Hall–Kier alpha value is -2.78. The molecule has 0 saturated carbocycles. The first-order chi connectivity index (χ1) is 15.1. The number of thioether (sulfide) groups is 1. The highest BCUT2D eigenvalue weighted by Gasteiger charge is 2.23. The Balaban J connectivity index is 1.44. The van der Waals surface area contributed by atoms with E-state index in [9.17, 15) is 4.79 Å². The number of rotatable bonds is 6. The smallest absolute Gasteiger partial charge is 0.264 e. The predicted octanol–water partition coefficient (Wildman–Crippen LogP) is 5.77. The summed E-state index contributed by atoms with van der Waals surface area (Å²) >= 11 is 3.57. The van der Waals surface area contributed by atoms with Gasteiger partial charge in [0.15, 0.2) is 5.17 Å². The molecule has 1 N–H and O–H groups in total. The fraction of sp³-hybridized carbons (Fsp3) is 0.0833. The van der Waals surface area contributed by atoms with Gasteiger partial charge in [0.05, 0.1) is 21.3 Å². The van der Waals surface area contributed by atoms with E-state index >= 15 is 0 Å². The van der Waals surface area contributed by atoms with E-state index < -0.39 is 0 Å². The summed E-state index contributed by atoms with van der Waals surface area (Å²) in [6.07, 6.45) is 1.86. The van der Waals surface area contributed by atoms with E-state index in [1.807, 2.05) is 78.9 Å². The predicted molar refractivity (Wildman–Crippen MR) is 134 cm³/mol. The van der Waals surface area contributed by atoms with Gasteiger partial charge in [-0.25, -0.2) is 4.99 Å². The Morgan fingerprint density at radius 2 is 1.84 bits per heavy atom. The van der Waals surface area contributed by atoms with Crippen LogP contribution in [0.1, 0.15) is 11.1 Å². The molecule has 31 heavy (non-hydrogen) atoms. The van der Waals surface area contributed by atoms with Crippen molar-refractivity contribution in [2.24, 2.45) is 4.99 Å². The quantitative estimate of drug-likeness (QED) is 0.318. The first-order valence-corrected chi connectivity index (χ1v) is 11.4. The summed E-state index contributed by atoms with van der Waals surface area (Å²) in [4.78, 5) is 17.5. The second-order valence-corrected chi connectivity index (χ2v) is 8.84. The van der Waals surface area contributed by atoms with E-state index in [2.05, 4.69) is 32.9 Å². The normalized spacial score (nSPS) is 15.9. The minimum absolute atomic E-state index is 0.156. The molecule has 3 aromatic carbocycles. The number of nitrogens with zero attached hydrogens (tertiary/aromatic N) is 1. The highest BCUT2D eigenvalue weighted by molar-refractivity contribution is 14.1. The van der Waals surface area contributed by atoms with Crippen molar-refractivity contribution < 1.29 is 14.3 Å². The molecule has 0 aromatic heterocycles. The van der Waals surface area contributed by atoms with E-state index in [1.165, 1.54) is 11.8 Å². The molecule has 1 heterocycles. The van der Waals surface area contributed by atoms with Gasteiger partial charge in [0.25, 0.3) is 5.91 Å². The third-order valence-corrected chi connectivity index (χ3v) is 6.20. The van der Waals surface area contributed by atoms with Crippen molar-refractivity contribution in [1.82, 2.24) is 5.32 Å². The number of benzene rings is 3. The van der Waals surface area contributed by atoms with Crippen molar-refractivity contribution in [1.29, 1.82) is 0 Å². The number of aliphatic imine (C=N–C) groups is 1. The summed E-state index contributed by atoms with van der Waals surface area (Å²) in [5.74, 6) is 1.42. The zero-order valence-corrected chi connectivity index (χ0v) is 19.6. The van der Waals surface area contributed by atoms with E-state index in [0.29, 0.717) is 16.7 Å². The largest absolute Gasteiger partial charge is 0.497 e. The maximum absolute atomic E-state index is 12.4. The van der Waals surface area contributed by atoms with Gasteiger partial charge in [-0.15, -0.1) is 0 Å². The number of hydrogen-bond donors (Lipinski definition) is 1. The van der Waals surface area contributed by atoms with Crippen LogP contribution in [0, 0.1) is 3.57 Å². The van der Waals surface area contributed by atoms with Crippen LogP contribution in [-0.4, -0.2) is 18.2 Å². The van der Waals surface area contributed by atoms with E-state index in [4.69, 9.17) is 9.47 Å². The molecule has 0 bridgehead atoms. The Bertz CT molecular complexity index is 1150. The molecule has 0 spiro atoms. The Morgan fingerprint density at radius 3 is 2.55 bits per heavy atom. The van der Waals surface area contributed by atoms with Gasteiger partial charge in [-0.3, -0.25) is 4.79 Å². The van der Waals surface area contributed by atoms with Gasteiger partial charge >= 0.3 is 0 Å². The maximum atomic E-state index is 12.4. The molecule has 0 aliphatic carbocycles. The molecule has 1 aliphatic rings. The van der Waals surface area contributed by atoms with Crippen molar-refractivity contribution in [3.63, 3.8) is 0 Å². The number of nitrogens with one attached hydrogen (secondary N) is 1. The van der Waals surface area contributed by atoms with Gasteiger partial charge < -0.3 is 14.8 Å². The van der Waals surface area contributed by atoms with Gasteiger partial charge in [0.2, 0.25) is 0 Å². The van der Waals surface area contributed by atoms with Gasteiger partial charge in [-0.2, -0.15) is 0 Å². The van der Waals surface area contributed by atoms with Crippen LogP contribution in [0.3, 0.4) is 0 Å². The van der Waals surface area contributed by atoms with Crippen LogP contribution in [0.15, 0.2) is 82.7 Å². The van der Waals surface area contributed by atoms with Crippen LogP contribution in [0.4, 0.5) is 5.69 Å². The standard InChI is InChI=1S/C24H19IN2O3S/c1-29-19-10-8-18(9-11-19)26-24-27-23(28)22(31-24)14-17-7-12-21(20(25)13-17)30-15-16-5-3-2-4-6-16/h2-14H,15H2,1H3,(H,26,27,28)/b22-14+. The molecule has 0 radical (unpaired) electrons. The topological polar surface area (TPSA) is 59.9 Å². The van der Waals surface area contributed by atoms with Crippen molar-refractivity contribution >= 4 is 57.2 Å². The van der Waals surface area contributed by atoms with Crippen LogP contribution in [0.25, 0.3) is 6.08 Å². The number of amides is 1. The summed E-state index contributed by atoms with van der Waals surface area (Å²) in [5, 5.41) is 3.37. The van der Waals surface area contributed by atoms with Crippen molar-refractivity contribution in [3.05, 3.63) is 92.4 Å². The number of carbonyl (C=O) groups excluding carboxylic acids is 1. The van der Waals surface area contributed by atoms with Crippen molar-refractivity contribution in [2.45, 2.75) is 6.61 Å². The SMILES string of the molecule is COc1ccc(N=C2NC(=O)/C(=C\c3ccc(OCc4ccccc4)c(I)c3)S2)cc1. The van der Waals surface area contributed by atoms with Gasteiger partial charge in [-0.05, 0) is 88.0 Å². The zero-order valence-electron chi connectivity index (χ0n) is 16.7. The lowest BCUT2D eigenvalue weighted by atomic mass is 10.2. The van der Waals surface area contributed by atoms with Crippen LogP contribution in [-0.2, 0) is 11.4 Å². The molecule has 1 aliphatic heterocycles. The second-order valence-electron chi connectivity index (χ2n) is 6.64. The molecule has 1 amide bonds. The Morgan fingerprint density at radius 1 is 1.06 bits per heavy atom. The Kier molecular flexibility index (Phi) is 6.93. The van der Waals surface area contributed by atoms with Gasteiger partial charge in [0.1, 0.15) is 18.1 Å². The minimum atomic E-state index is -0.156. The number of halogens is 1. The average molecular weight is 542 g/mol. The van der Waals surface area contributed by atoms with E-state index in [0.717, 1.165) is 31.9 Å². The number of ether oxygens (including phenoxy) is 2.